The molecular weight excluding hydrogens is 228 g/mol. The van der Waals surface area contributed by atoms with Gasteiger partial charge >= 0.3 is 5.97 Å². The minimum Gasteiger partial charge on any atom is -0.481 e. The van der Waals surface area contributed by atoms with Crippen LogP contribution in [-0.2, 0) is 19.1 Å². The van der Waals surface area contributed by atoms with E-state index in [9.17, 15) is 14.4 Å². The molecule has 0 rings (SSSR count). The molecule has 98 valence electrons. The van der Waals surface area contributed by atoms with Gasteiger partial charge in [0.15, 0.2) is 0 Å². The van der Waals surface area contributed by atoms with E-state index >= 15 is 0 Å². The third-order valence-electron chi connectivity index (χ3n) is 2.12. The second kappa shape index (κ2) is 7.61. The molecule has 2 unspecified atom stereocenters. The van der Waals surface area contributed by atoms with Crippen molar-refractivity contribution in [3.63, 3.8) is 0 Å². The van der Waals surface area contributed by atoms with Crippen molar-refractivity contribution < 1.29 is 24.2 Å². The van der Waals surface area contributed by atoms with Crippen molar-refractivity contribution in [2.75, 3.05) is 20.3 Å². The van der Waals surface area contributed by atoms with E-state index in [-0.39, 0.29) is 5.91 Å². The lowest BCUT2D eigenvalue weighted by atomic mass is 10.1. The standard InChI is InChI=1S/C10H18N2O5/c1-6(10(15)16)8(13)12-7(2)9(14)11-4-5-17-3/h6-7H,4-5H2,1-3H3,(H,11,14)(H,12,13)(H,15,16). The molecule has 0 spiro atoms. The largest absolute Gasteiger partial charge is 0.481 e. The highest BCUT2D eigenvalue weighted by atomic mass is 16.5. The molecule has 0 saturated carbocycles. The van der Waals surface area contributed by atoms with Gasteiger partial charge in [-0.25, -0.2) is 0 Å². The maximum atomic E-state index is 11.4. The van der Waals surface area contributed by atoms with Crippen LogP contribution in [-0.4, -0.2) is 49.2 Å². The zero-order valence-electron chi connectivity index (χ0n) is 10.1. The zero-order valence-corrected chi connectivity index (χ0v) is 10.1. The van der Waals surface area contributed by atoms with Crippen molar-refractivity contribution in [1.29, 1.82) is 0 Å². The van der Waals surface area contributed by atoms with Crippen LogP contribution >= 0.6 is 0 Å². The number of carboxylic acids is 1. The molecular formula is C10H18N2O5. The summed E-state index contributed by atoms with van der Waals surface area (Å²) in [5.74, 6) is -3.47. The summed E-state index contributed by atoms with van der Waals surface area (Å²) in [6.45, 7) is 3.45. The summed E-state index contributed by atoms with van der Waals surface area (Å²) in [5, 5.41) is 13.4. The van der Waals surface area contributed by atoms with E-state index in [1.165, 1.54) is 21.0 Å². The molecule has 0 aliphatic rings. The number of methoxy groups -OCH3 is 1. The van der Waals surface area contributed by atoms with Gasteiger partial charge in [-0.3, -0.25) is 14.4 Å². The van der Waals surface area contributed by atoms with Crippen molar-refractivity contribution in [2.24, 2.45) is 5.92 Å². The molecule has 2 atom stereocenters. The SMILES string of the molecule is COCCNC(=O)C(C)NC(=O)C(C)C(=O)O. The number of carboxylic acid groups (broad SMARTS) is 1. The summed E-state index contributed by atoms with van der Waals surface area (Å²) in [7, 11) is 1.51. The Hall–Kier alpha value is -1.63. The minimum absolute atomic E-state index is 0.337. The first kappa shape index (κ1) is 15.4. The lowest BCUT2D eigenvalue weighted by Crippen LogP contribution is -2.48. The number of rotatable bonds is 7. The molecule has 0 bridgehead atoms. The van der Waals surface area contributed by atoms with Crippen molar-refractivity contribution in [1.82, 2.24) is 10.6 Å². The Morgan fingerprint density at radius 3 is 2.29 bits per heavy atom. The first-order valence-electron chi connectivity index (χ1n) is 5.20. The molecule has 0 fully saturated rings. The predicted octanol–water partition coefficient (Wildman–Crippen LogP) is -1.03. The summed E-state index contributed by atoms with van der Waals surface area (Å²) in [4.78, 5) is 33.3. The number of amides is 2. The predicted molar refractivity (Wildman–Crippen MR) is 59.3 cm³/mol. The molecule has 0 heterocycles. The van der Waals surface area contributed by atoms with Gasteiger partial charge in [0.05, 0.1) is 6.61 Å². The molecule has 0 aliphatic carbocycles. The zero-order chi connectivity index (χ0) is 13.4. The van der Waals surface area contributed by atoms with Crippen LogP contribution in [0.1, 0.15) is 13.8 Å². The number of nitrogens with one attached hydrogen (secondary N) is 2. The van der Waals surface area contributed by atoms with Crippen LogP contribution in [0.25, 0.3) is 0 Å². The fraction of sp³-hybridized carbons (Fsp3) is 0.700. The van der Waals surface area contributed by atoms with E-state index in [2.05, 4.69) is 10.6 Å². The van der Waals surface area contributed by atoms with Crippen LogP contribution in [0.15, 0.2) is 0 Å². The molecule has 7 heteroatoms. The fourth-order valence-corrected chi connectivity index (χ4v) is 0.945. The van der Waals surface area contributed by atoms with Crippen molar-refractivity contribution in [3.8, 4) is 0 Å². The number of aliphatic carboxylic acids is 1. The molecule has 7 nitrogen and oxygen atoms in total. The van der Waals surface area contributed by atoms with E-state index in [1.54, 1.807) is 0 Å². The molecule has 0 aromatic rings. The molecule has 0 aromatic carbocycles. The first-order chi connectivity index (χ1) is 7.90. The van der Waals surface area contributed by atoms with Gasteiger partial charge < -0.3 is 20.5 Å². The molecule has 2 amide bonds. The van der Waals surface area contributed by atoms with Gasteiger partial charge in [-0.1, -0.05) is 0 Å². The summed E-state index contributed by atoms with van der Waals surface area (Å²) in [6.07, 6.45) is 0. The van der Waals surface area contributed by atoms with E-state index in [4.69, 9.17) is 9.84 Å². The van der Waals surface area contributed by atoms with Crippen LogP contribution in [0, 0.1) is 5.92 Å². The van der Waals surface area contributed by atoms with Crippen LogP contribution in [0.2, 0.25) is 0 Å². The summed E-state index contributed by atoms with van der Waals surface area (Å²) < 4.78 is 4.74. The Morgan fingerprint density at radius 1 is 1.24 bits per heavy atom. The molecule has 0 aliphatic heterocycles. The molecule has 0 saturated heterocycles. The van der Waals surface area contributed by atoms with Crippen molar-refractivity contribution in [3.05, 3.63) is 0 Å². The monoisotopic (exact) mass is 246 g/mol. The van der Waals surface area contributed by atoms with E-state index in [0.29, 0.717) is 13.2 Å². The molecule has 17 heavy (non-hydrogen) atoms. The number of hydrogen-bond donors (Lipinski definition) is 3. The average Bonchev–Trinajstić information content (AvgIpc) is 2.27. The maximum Gasteiger partial charge on any atom is 0.315 e. The van der Waals surface area contributed by atoms with Gasteiger partial charge in [0.1, 0.15) is 12.0 Å². The first-order valence-corrected chi connectivity index (χ1v) is 5.20. The van der Waals surface area contributed by atoms with Gasteiger partial charge in [-0.2, -0.15) is 0 Å². The highest BCUT2D eigenvalue weighted by molar-refractivity contribution is 5.98. The lowest BCUT2D eigenvalue weighted by molar-refractivity contribution is -0.147. The van der Waals surface area contributed by atoms with Crippen LogP contribution in [0.3, 0.4) is 0 Å². The Kier molecular flexibility index (Phi) is 6.88. The van der Waals surface area contributed by atoms with Gasteiger partial charge in [0.25, 0.3) is 0 Å². The average molecular weight is 246 g/mol. The number of hydrogen-bond acceptors (Lipinski definition) is 4. The summed E-state index contributed by atoms with van der Waals surface area (Å²) in [6, 6.07) is -0.777. The molecule has 3 N–H and O–H groups in total. The topological polar surface area (TPSA) is 105 Å². The number of ether oxygens (including phenoxy) is 1. The second-order valence-electron chi connectivity index (χ2n) is 3.57. The second-order valence-corrected chi connectivity index (χ2v) is 3.57. The summed E-state index contributed by atoms with van der Waals surface area (Å²) in [5.41, 5.74) is 0. The van der Waals surface area contributed by atoms with E-state index < -0.39 is 23.8 Å². The number of carbonyl (C=O) groups is 3. The smallest absolute Gasteiger partial charge is 0.315 e. The Labute approximate surface area is 99.5 Å². The maximum absolute atomic E-state index is 11.4. The van der Waals surface area contributed by atoms with Gasteiger partial charge in [-0.15, -0.1) is 0 Å². The molecule has 0 aromatic heterocycles. The quantitative estimate of drug-likeness (QED) is 0.394. The van der Waals surface area contributed by atoms with Crippen molar-refractivity contribution >= 4 is 17.8 Å². The highest BCUT2D eigenvalue weighted by Gasteiger charge is 2.23. The Balaban J connectivity index is 4.07. The van der Waals surface area contributed by atoms with Crippen LogP contribution < -0.4 is 10.6 Å². The number of carbonyl (C=O) groups excluding carboxylic acids is 2. The summed E-state index contributed by atoms with van der Waals surface area (Å²) >= 11 is 0. The van der Waals surface area contributed by atoms with Crippen LogP contribution in [0.5, 0.6) is 0 Å². The van der Waals surface area contributed by atoms with Gasteiger partial charge in [0, 0.05) is 13.7 Å². The van der Waals surface area contributed by atoms with Crippen LogP contribution in [0.4, 0.5) is 0 Å². The third kappa shape index (κ3) is 5.86. The fourth-order valence-electron chi connectivity index (χ4n) is 0.945. The van der Waals surface area contributed by atoms with Gasteiger partial charge in [-0.05, 0) is 13.8 Å². The Bertz CT molecular complexity index is 292. The minimum atomic E-state index is -1.23. The molecule has 0 radical (unpaired) electrons. The van der Waals surface area contributed by atoms with E-state index in [1.807, 2.05) is 0 Å². The lowest BCUT2D eigenvalue weighted by Gasteiger charge is -2.15. The Morgan fingerprint density at radius 2 is 1.82 bits per heavy atom. The normalized spacial score (nSPS) is 13.6. The third-order valence-corrected chi connectivity index (χ3v) is 2.12. The van der Waals surface area contributed by atoms with Gasteiger partial charge in [0.2, 0.25) is 11.8 Å². The highest BCUT2D eigenvalue weighted by Crippen LogP contribution is 1.95. The van der Waals surface area contributed by atoms with E-state index in [0.717, 1.165) is 0 Å². The van der Waals surface area contributed by atoms with Crippen molar-refractivity contribution in [2.45, 2.75) is 19.9 Å².